The lowest BCUT2D eigenvalue weighted by atomic mass is 9.82. The Morgan fingerprint density at radius 3 is 2.69 bits per heavy atom. The lowest BCUT2D eigenvalue weighted by Crippen LogP contribution is -2.50. The van der Waals surface area contributed by atoms with Gasteiger partial charge >= 0.3 is 0 Å². The second kappa shape index (κ2) is 7.77. The minimum atomic E-state index is -0.157. The maximum absolute atomic E-state index is 14.7. The van der Waals surface area contributed by atoms with Crippen molar-refractivity contribution in [2.45, 2.75) is 50.3 Å². The molecule has 0 spiro atoms. The number of anilines is 1. The third-order valence-corrected chi connectivity index (χ3v) is 7.41. The number of amidine groups is 1. The zero-order valence-corrected chi connectivity index (χ0v) is 18.4. The Hall–Kier alpha value is -2.59. The van der Waals surface area contributed by atoms with Crippen molar-refractivity contribution in [1.82, 2.24) is 31.3 Å². The van der Waals surface area contributed by atoms with Crippen molar-refractivity contribution in [1.29, 1.82) is 0 Å². The number of hydrogen-bond donors (Lipinski definition) is 4. The molecule has 4 heterocycles. The van der Waals surface area contributed by atoms with Gasteiger partial charge in [-0.05, 0) is 19.8 Å². The standard InChI is InChI=1S/C22H31FN8O/c1-22(2-3-22)32-19-8-15-17(9-16(19)23)28-29-21(15)18-10-20(25-13-24-18)31-6-4-30(5-7-31)14-11-26-27-12-14/h10-12,15,17,21,24,28-29H,2-9,13H2,1H3,(H,26,27)/t15-,17+,21?/m0/s1. The molecular formula is C22H31FN8O. The third-order valence-electron chi connectivity index (χ3n) is 7.41. The van der Waals surface area contributed by atoms with Gasteiger partial charge in [0.25, 0.3) is 0 Å². The first-order valence-electron chi connectivity index (χ1n) is 11.6. The van der Waals surface area contributed by atoms with Gasteiger partial charge in [0.2, 0.25) is 0 Å². The summed E-state index contributed by atoms with van der Waals surface area (Å²) in [6.07, 6.45) is 8.99. The van der Waals surface area contributed by atoms with Crippen LogP contribution in [0.5, 0.6) is 0 Å². The summed E-state index contributed by atoms with van der Waals surface area (Å²) in [5.41, 5.74) is 8.83. The number of halogens is 1. The first kappa shape index (κ1) is 20.0. The third kappa shape index (κ3) is 3.75. The van der Waals surface area contributed by atoms with Crippen LogP contribution in [0.15, 0.2) is 40.7 Å². The average Bonchev–Trinajstić information content (AvgIpc) is 3.20. The van der Waals surface area contributed by atoms with Gasteiger partial charge in [0.15, 0.2) is 0 Å². The van der Waals surface area contributed by atoms with E-state index in [-0.39, 0.29) is 29.4 Å². The highest BCUT2D eigenvalue weighted by atomic mass is 19.1. The first-order chi connectivity index (χ1) is 15.6. The fraction of sp³-hybridized carbons (Fsp3) is 0.636. The molecule has 1 aromatic heterocycles. The SMILES string of the molecule is CC1(OC2=C(F)C[C@H]3NNC(C4=CC(N5CCN(c6cn[nH]c6)CC5)=NCN4)[C@H]3C2)CC1. The average molecular weight is 443 g/mol. The Morgan fingerprint density at radius 2 is 1.94 bits per heavy atom. The molecule has 9 nitrogen and oxygen atoms in total. The number of ether oxygens (including phenoxy) is 1. The van der Waals surface area contributed by atoms with Crippen molar-refractivity contribution >= 4 is 11.5 Å². The van der Waals surface area contributed by atoms with E-state index in [9.17, 15) is 4.39 Å². The number of aliphatic imine (C=N–C) groups is 1. The Labute approximate surface area is 187 Å². The molecule has 10 heteroatoms. The van der Waals surface area contributed by atoms with E-state index in [1.165, 1.54) is 0 Å². The number of fused-ring (bicyclic) bond motifs is 1. The molecular weight excluding hydrogens is 411 g/mol. The van der Waals surface area contributed by atoms with E-state index in [4.69, 9.17) is 9.73 Å². The summed E-state index contributed by atoms with van der Waals surface area (Å²) in [5.74, 6) is 1.72. The molecule has 32 heavy (non-hydrogen) atoms. The van der Waals surface area contributed by atoms with E-state index >= 15 is 0 Å². The minimum absolute atomic E-state index is 0.0721. The number of rotatable bonds is 4. The molecule has 0 amide bonds. The van der Waals surface area contributed by atoms with Crippen LogP contribution in [0.4, 0.5) is 10.1 Å². The zero-order valence-electron chi connectivity index (χ0n) is 18.4. The van der Waals surface area contributed by atoms with Gasteiger partial charge in [0, 0.05) is 69.0 Å². The van der Waals surface area contributed by atoms with Crippen molar-refractivity contribution < 1.29 is 9.13 Å². The number of aromatic amines is 1. The van der Waals surface area contributed by atoms with Crippen LogP contribution < -0.4 is 21.1 Å². The van der Waals surface area contributed by atoms with Crippen molar-refractivity contribution in [3.63, 3.8) is 0 Å². The Balaban J connectivity index is 1.13. The van der Waals surface area contributed by atoms with Gasteiger partial charge in [0.1, 0.15) is 29.7 Å². The molecule has 0 bridgehead atoms. The predicted molar refractivity (Wildman–Crippen MR) is 119 cm³/mol. The maximum Gasteiger partial charge on any atom is 0.139 e. The highest BCUT2D eigenvalue weighted by molar-refractivity contribution is 5.94. The quantitative estimate of drug-likeness (QED) is 0.560. The van der Waals surface area contributed by atoms with Gasteiger partial charge in [-0.25, -0.2) is 14.8 Å². The van der Waals surface area contributed by atoms with Gasteiger partial charge in [-0.2, -0.15) is 5.10 Å². The highest BCUT2D eigenvalue weighted by Crippen LogP contribution is 2.45. The van der Waals surface area contributed by atoms with Crippen LogP contribution in [0, 0.1) is 5.92 Å². The fourth-order valence-electron chi connectivity index (χ4n) is 5.17. The molecule has 2 saturated heterocycles. The van der Waals surface area contributed by atoms with Crippen molar-refractivity contribution in [2.75, 3.05) is 37.7 Å². The van der Waals surface area contributed by atoms with Crippen molar-refractivity contribution in [3.8, 4) is 0 Å². The summed E-state index contributed by atoms with van der Waals surface area (Å²) >= 11 is 0. The lowest BCUT2D eigenvalue weighted by Gasteiger charge is -2.38. The number of allylic oxidation sites excluding steroid dienone is 1. The molecule has 3 fully saturated rings. The summed E-state index contributed by atoms with van der Waals surface area (Å²) in [7, 11) is 0. The second-order valence-corrected chi connectivity index (χ2v) is 9.71. The number of piperazine rings is 1. The minimum Gasteiger partial charge on any atom is -0.489 e. The Kier molecular flexibility index (Phi) is 4.87. The highest BCUT2D eigenvalue weighted by Gasteiger charge is 2.47. The van der Waals surface area contributed by atoms with Gasteiger partial charge in [-0.15, -0.1) is 0 Å². The van der Waals surface area contributed by atoms with Crippen LogP contribution in [0.2, 0.25) is 0 Å². The number of H-pyrrole nitrogens is 1. The van der Waals surface area contributed by atoms with Crippen molar-refractivity contribution in [3.05, 3.63) is 35.8 Å². The molecule has 6 rings (SSSR count). The van der Waals surface area contributed by atoms with Crippen LogP contribution in [0.25, 0.3) is 0 Å². The lowest BCUT2D eigenvalue weighted by molar-refractivity contribution is 0.0803. The molecule has 0 radical (unpaired) electrons. The fourth-order valence-corrected chi connectivity index (χ4v) is 5.17. The predicted octanol–water partition coefficient (Wildman–Crippen LogP) is 1.38. The summed E-state index contributed by atoms with van der Waals surface area (Å²) in [5, 5.41) is 10.4. The molecule has 2 aliphatic carbocycles. The molecule has 3 aliphatic heterocycles. The zero-order chi connectivity index (χ0) is 21.7. The molecule has 1 unspecified atom stereocenters. The summed E-state index contributed by atoms with van der Waals surface area (Å²) in [6, 6.07) is 0.152. The Bertz CT molecular complexity index is 945. The smallest absolute Gasteiger partial charge is 0.139 e. The number of hydrogen-bond acceptors (Lipinski definition) is 8. The molecule has 172 valence electrons. The molecule has 1 aromatic rings. The van der Waals surface area contributed by atoms with E-state index in [2.05, 4.69) is 49.2 Å². The summed E-state index contributed by atoms with van der Waals surface area (Å²) in [6.45, 7) is 6.34. The van der Waals surface area contributed by atoms with Gasteiger partial charge in [-0.1, -0.05) is 0 Å². The second-order valence-electron chi connectivity index (χ2n) is 9.71. The number of nitrogens with zero attached hydrogens (tertiary/aromatic N) is 4. The monoisotopic (exact) mass is 442 g/mol. The van der Waals surface area contributed by atoms with E-state index in [1.54, 1.807) is 0 Å². The molecule has 1 saturated carbocycles. The van der Waals surface area contributed by atoms with Crippen LogP contribution in [-0.2, 0) is 4.74 Å². The van der Waals surface area contributed by atoms with Crippen molar-refractivity contribution in [2.24, 2.45) is 10.9 Å². The molecule has 3 atom stereocenters. The summed E-state index contributed by atoms with van der Waals surface area (Å²) < 4.78 is 20.7. The van der Waals surface area contributed by atoms with Crippen LogP contribution in [-0.4, -0.2) is 71.5 Å². The largest absolute Gasteiger partial charge is 0.489 e. The first-order valence-corrected chi connectivity index (χ1v) is 11.6. The number of nitrogens with one attached hydrogen (secondary N) is 4. The van der Waals surface area contributed by atoms with Gasteiger partial charge in [-0.3, -0.25) is 10.5 Å². The normalized spacial score (nSPS) is 31.6. The van der Waals surface area contributed by atoms with E-state index < -0.39 is 0 Å². The summed E-state index contributed by atoms with van der Waals surface area (Å²) in [4.78, 5) is 9.41. The number of aromatic nitrogens is 2. The van der Waals surface area contributed by atoms with E-state index in [1.807, 2.05) is 12.4 Å². The Morgan fingerprint density at radius 1 is 1.12 bits per heavy atom. The van der Waals surface area contributed by atoms with E-state index in [0.717, 1.165) is 56.2 Å². The van der Waals surface area contributed by atoms with Gasteiger partial charge in [0.05, 0.1) is 17.9 Å². The number of hydrazine groups is 1. The van der Waals surface area contributed by atoms with E-state index in [0.29, 0.717) is 25.3 Å². The van der Waals surface area contributed by atoms with Gasteiger partial charge < -0.3 is 19.9 Å². The topological polar surface area (TPSA) is 92.8 Å². The molecule has 5 aliphatic rings. The molecule has 4 N–H and O–H groups in total. The molecule has 0 aromatic carbocycles. The maximum atomic E-state index is 14.7. The van der Waals surface area contributed by atoms with Crippen LogP contribution in [0.3, 0.4) is 0 Å². The van der Waals surface area contributed by atoms with Crippen LogP contribution in [0.1, 0.15) is 32.6 Å². The van der Waals surface area contributed by atoms with Crippen LogP contribution >= 0.6 is 0 Å².